The van der Waals surface area contributed by atoms with Crippen LogP contribution in [0.2, 0.25) is 0 Å². The maximum absolute atomic E-state index is 11.3. The van der Waals surface area contributed by atoms with Crippen LogP contribution < -0.4 is 0 Å². The Labute approximate surface area is 138 Å². The molecule has 1 N–H and O–H groups in total. The van der Waals surface area contributed by atoms with Crippen LogP contribution in [0.5, 0.6) is 0 Å². The van der Waals surface area contributed by atoms with E-state index in [4.69, 9.17) is 4.42 Å². The van der Waals surface area contributed by atoms with Crippen molar-refractivity contribution < 1.29 is 19.2 Å². The summed E-state index contributed by atoms with van der Waals surface area (Å²) in [5, 5.41) is 21.1. The van der Waals surface area contributed by atoms with Gasteiger partial charge in [0.15, 0.2) is 0 Å². The van der Waals surface area contributed by atoms with Crippen LogP contribution in [0.3, 0.4) is 0 Å². The number of nitrogens with zero attached hydrogens (tertiary/aromatic N) is 3. The van der Waals surface area contributed by atoms with Gasteiger partial charge in [-0.25, -0.2) is 4.79 Å². The first-order chi connectivity index (χ1) is 11.4. The molecule has 8 nitrogen and oxygen atoms in total. The number of rotatable bonds is 3. The number of hydrogen-bond donors (Lipinski definition) is 1. The Morgan fingerprint density at radius 3 is 2.79 bits per heavy atom. The molecule has 0 spiro atoms. The van der Waals surface area contributed by atoms with Crippen molar-refractivity contribution in [2.75, 3.05) is 13.1 Å². The molecule has 128 valence electrons. The molecule has 0 bridgehead atoms. The lowest BCUT2D eigenvalue weighted by Crippen LogP contribution is -2.57. The number of hydrogen-bond acceptors (Lipinski definition) is 5. The van der Waals surface area contributed by atoms with Crippen LogP contribution in [0.15, 0.2) is 28.9 Å². The predicted molar refractivity (Wildman–Crippen MR) is 86.9 cm³/mol. The standard InChI is InChI=1S/C16H19N3O5/c1-10-8-18(16(20)21)11(2)7-17(10)9-13-6-14(19(22)23)5-12-3-4-24-15(12)13/h3-6,10-11H,7-9H2,1-2H3,(H,20,21). The molecule has 1 amide bonds. The largest absolute Gasteiger partial charge is 0.465 e. The second-order valence-electron chi connectivity index (χ2n) is 6.26. The number of nitro benzene ring substituents is 1. The van der Waals surface area contributed by atoms with Crippen LogP contribution in [0.1, 0.15) is 19.4 Å². The van der Waals surface area contributed by atoms with Gasteiger partial charge in [0.2, 0.25) is 0 Å². The topological polar surface area (TPSA) is 100 Å². The molecule has 0 radical (unpaired) electrons. The van der Waals surface area contributed by atoms with Gasteiger partial charge in [-0.05, 0) is 19.9 Å². The van der Waals surface area contributed by atoms with Gasteiger partial charge in [-0.1, -0.05) is 0 Å². The molecule has 1 aliphatic heterocycles. The Morgan fingerprint density at radius 1 is 1.38 bits per heavy atom. The monoisotopic (exact) mass is 333 g/mol. The van der Waals surface area contributed by atoms with Crippen molar-refractivity contribution >= 4 is 22.7 Å². The van der Waals surface area contributed by atoms with Gasteiger partial charge in [0.05, 0.1) is 11.2 Å². The molecule has 2 unspecified atom stereocenters. The van der Waals surface area contributed by atoms with Crippen molar-refractivity contribution in [1.82, 2.24) is 9.80 Å². The summed E-state index contributed by atoms with van der Waals surface area (Å²) >= 11 is 0. The third-order valence-electron chi connectivity index (χ3n) is 4.56. The van der Waals surface area contributed by atoms with Gasteiger partial charge in [0.25, 0.3) is 5.69 Å². The highest BCUT2D eigenvalue weighted by molar-refractivity contribution is 5.83. The van der Waals surface area contributed by atoms with E-state index in [1.54, 1.807) is 6.07 Å². The van der Waals surface area contributed by atoms with E-state index >= 15 is 0 Å². The number of nitro groups is 1. The zero-order valence-electron chi connectivity index (χ0n) is 13.5. The Kier molecular flexibility index (Phi) is 4.15. The highest BCUT2D eigenvalue weighted by Crippen LogP contribution is 2.28. The number of benzene rings is 1. The van der Waals surface area contributed by atoms with Gasteiger partial charge >= 0.3 is 6.09 Å². The predicted octanol–water partition coefficient (Wildman–Crippen LogP) is 2.91. The number of furan rings is 1. The van der Waals surface area contributed by atoms with Gasteiger partial charge in [-0.2, -0.15) is 0 Å². The number of amides is 1. The van der Waals surface area contributed by atoms with E-state index in [1.165, 1.54) is 23.3 Å². The number of fused-ring (bicyclic) bond motifs is 1. The number of non-ortho nitro benzene ring substituents is 1. The van der Waals surface area contributed by atoms with Crippen molar-refractivity contribution in [3.05, 3.63) is 40.1 Å². The number of carboxylic acid groups (broad SMARTS) is 1. The van der Waals surface area contributed by atoms with E-state index in [-0.39, 0.29) is 17.8 Å². The second-order valence-corrected chi connectivity index (χ2v) is 6.26. The normalized spacial score (nSPS) is 22.0. The molecule has 2 aromatic rings. The van der Waals surface area contributed by atoms with E-state index < -0.39 is 11.0 Å². The van der Waals surface area contributed by atoms with Crippen LogP contribution in [0.25, 0.3) is 11.0 Å². The molecule has 1 aliphatic rings. The molecule has 2 heterocycles. The van der Waals surface area contributed by atoms with Crippen LogP contribution in [-0.2, 0) is 6.54 Å². The van der Waals surface area contributed by atoms with Gasteiger partial charge in [-0.15, -0.1) is 0 Å². The van der Waals surface area contributed by atoms with E-state index in [9.17, 15) is 20.0 Å². The van der Waals surface area contributed by atoms with Crippen LogP contribution in [0.4, 0.5) is 10.5 Å². The van der Waals surface area contributed by atoms with Gasteiger partial charge in [0.1, 0.15) is 5.58 Å². The fourth-order valence-electron chi connectivity index (χ4n) is 3.27. The Hall–Kier alpha value is -2.61. The number of carbonyl (C=O) groups is 1. The first-order valence-electron chi connectivity index (χ1n) is 7.75. The fraction of sp³-hybridized carbons (Fsp3) is 0.438. The minimum atomic E-state index is -0.919. The molecular weight excluding hydrogens is 314 g/mol. The Bertz CT molecular complexity index is 787. The zero-order chi connectivity index (χ0) is 17.4. The van der Waals surface area contributed by atoms with Gasteiger partial charge in [0, 0.05) is 54.8 Å². The zero-order valence-corrected chi connectivity index (χ0v) is 13.5. The summed E-state index contributed by atoms with van der Waals surface area (Å²) in [6.07, 6.45) is 0.601. The van der Waals surface area contributed by atoms with Crippen LogP contribution in [0, 0.1) is 10.1 Å². The molecule has 0 saturated carbocycles. The Morgan fingerprint density at radius 2 is 2.12 bits per heavy atom. The van der Waals surface area contributed by atoms with Crippen molar-refractivity contribution in [3.8, 4) is 0 Å². The van der Waals surface area contributed by atoms with Crippen molar-refractivity contribution in [2.24, 2.45) is 0 Å². The maximum Gasteiger partial charge on any atom is 0.407 e. The van der Waals surface area contributed by atoms with Crippen molar-refractivity contribution in [1.29, 1.82) is 0 Å². The number of piperazine rings is 1. The van der Waals surface area contributed by atoms with Crippen molar-refractivity contribution in [2.45, 2.75) is 32.5 Å². The molecule has 0 aliphatic carbocycles. The van der Waals surface area contributed by atoms with E-state index in [0.29, 0.717) is 30.6 Å². The summed E-state index contributed by atoms with van der Waals surface area (Å²) in [5.74, 6) is 0. The molecule has 8 heteroatoms. The quantitative estimate of drug-likeness (QED) is 0.685. The second kappa shape index (κ2) is 6.12. The first-order valence-corrected chi connectivity index (χ1v) is 7.75. The average molecular weight is 333 g/mol. The molecule has 3 rings (SSSR count). The summed E-state index contributed by atoms with van der Waals surface area (Å²) in [5.41, 5.74) is 1.41. The lowest BCUT2D eigenvalue weighted by atomic mass is 10.1. The highest BCUT2D eigenvalue weighted by atomic mass is 16.6. The lowest BCUT2D eigenvalue weighted by molar-refractivity contribution is -0.384. The summed E-state index contributed by atoms with van der Waals surface area (Å²) in [6.45, 7) is 5.27. The molecular formula is C16H19N3O5. The molecule has 1 fully saturated rings. The summed E-state index contributed by atoms with van der Waals surface area (Å²) in [4.78, 5) is 25.5. The molecule has 2 atom stereocenters. The maximum atomic E-state index is 11.3. The molecule has 1 aromatic carbocycles. The smallest absolute Gasteiger partial charge is 0.407 e. The van der Waals surface area contributed by atoms with Gasteiger partial charge < -0.3 is 14.4 Å². The highest BCUT2D eigenvalue weighted by Gasteiger charge is 2.32. The Balaban J connectivity index is 1.88. The minimum Gasteiger partial charge on any atom is -0.465 e. The van der Waals surface area contributed by atoms with Crippen LogP contribution >= 0.6 is 0 Å². The molecule has 24 heavy (non-hydrogen) atoms. The van der Waals surface area contributed by atoms with E-state index in [1.807, 2.05) is 13.8 Å². The average Bonchev–Trinajstić information content (AvgIpc) is 2.98. The third kappa shape index (κ3) is 2.92. The van der Waals surface area contributed by atoms with Crippen LogP contribution in [-0.4, -0.2) is 51.1 Å². The fourth-order valence-corrected chi connectivity index (χ4v) is 3.27. The minimum absolute atomic E-state index is 0.0153. The first kappa shape index (κ1) is 16.3. The van der Waals surface area contributed by atoms with Gasteiger partial charge in [-0.3, -0.25) is 15.0 Å². The summed E-state index contributed by atoms with van der Waals surface area (Å²) < 4.78 is 5.49. The van der Waals surface area contributed by atoms with E-state index in [2.05, 4.69) is 4.90 Å². The summed E-state index contributed by atoms with van der Waals surface area (Å²) in [6, 6.07) is 4.62. The molecule has 1 saturated heterocycles. The lowest BCUT2D eigenvalue weighted by Gasteiger charge is -2.42. The van der Waals surface area contributed by atoms with E-state index in [0.717, 1.165) is 5.56 Å². The SMILES string of the molecule is CC1CN(C(=O)O)C(C)CN1Cc1cc([N+](=O)[O-])cc2ccoc12. The van der Waals surface area contributed by atoms with Crippen molar-refractivity contribution in [3.63, 3.8) is 0 Å². The summed E-state index contributed by atoms with van der Waals surface area (Å²) in [7, 11) is 0. The third-order valence-corrected chi connectivity index (χ3v) is 4.56. The molecule has 1 aromatic heterocycles.